The zero-order valence-corrected chi connectivity index (χ0v) is 17.5. The van der Waals surface area contributed by atoms with E-state index in [-0.39, 0.29) is 11.7 Å². The number of anilines is 1. The van der Waals surface area contributed by atoms with Crippen LogP contribution < -0.4 is 10.3 Å². The highest BCUT2D eigenvalue weighted by molar-refractivity contribution is 9.10. The molecule has 1 aromatic rings. The molecule has 0 aromatic heterocycles. The first-order chi connectivity index (χ1) is 13.1. The summed E-state index contributed by atoms with van der Waals surface area (Å²) >= 11 is 3.47. The zero-order valence-electron chi connectivity index (χ0n) is 15.9. The van der Waals surface area contributed by atoms with Crippen LogP contribution in [-0.2, 0) is 0 Å². The van der Waals surface area contributed by atoms with E-state index < -0.39 is 0 Å². The van der Waals surface area contributed by atoms with E-state index in [1.807, 2.05) is 17.3 Å². The molecule has 1 saturated heterocycles. The number of piperazine rings is 1. The van der Waals surface area contributed by atoms with E-state index in [1.165, 1.54) is 5.70 Å². The number of nitrogens with one attached hydrogen (secondary N) is 1. The van der Waals surface area contributed by atoms with Gasteiger partial charge in [0.15, 0.2) is 0 Å². The van der Waals surface area contributed by atoms with Gasteiger partial charge in [-0.2, -0.15) is 5.10 Å². The molecule has 0 bridgehead atoms. The van der Waals surface area contributed by atoms with Crippen molar-refractivity contribution in [2.75, 3.05) is 31.2 Å². The number of hydrogen-bond donors (Lipinski definition) is 1. The van der Waals surface area contributed by atoms with E-state index in [0.717, 1.165) is 60.4 Å². The number of halogens is 2. The highest BCUT2D eigenvalue weighted by atomic mass is 79.9. The fraction of sp³-hybridized carbons (Fsp3) is 0.476. The smallest absolute Gasteiger partial charge is 0.129 e. The average Bonchev–Trinajstić information content (AvgIpc) is 2.67. The van der Waals surface area contributed by atoms with Crippen molar-refractivity contribution < 1.29 is 4.39 Å². The van der Waals surface area contributed by atoms with Gasteiger partial charge in [-0.25, -0.2) is 9.40 Å². The molecule has 0 amide bonds. The average molecular weight is 433 g/mol. The Morgan fingerprint density at radius 3 is 2.78 bits per heavy atom. The molecule has 2 atom stereocenters. The van der Waals surface area contributed by atoms with Gasteiger partial charge in [0.1, 0.15) is 5.82 Å². The Balaban J connectivity index is 1.86. The Kier molecular flexibility index (Phi) is 5.37. The summed E-state index contributed by atoms with van der Waals surface area (Å²) in [5.74, 6) is 0.226. The maximum absolute atomic E-state index is 14.9. The van der Waals surface area contributed by atoms with Crippen molar-refractivity contribution in [3.63, 3.8) is 0 Å². The standard InChI is InChI=1S/C21H26BrFN4/c1-3-15-10-19-18(26-8-6-24-7-9-26)5-4-14(2)21-17(23)11-16(22)12-20(21)27(19)25-13-15/h5,10-15,24H,3-4,6-9H2,1-2H3. The van der Waals surface area contributed by atoms with Crippen LogP contribution in [-0.4, -0.2) is 37.3 Å². The summed E-state index contributed by atoms with van der Waals surface area (Å²) in [6, 6.07) is 3.55. The number of rotatable bonds is 2. The predicted octanol–water partition coefficient (Wildman–Crippen LogP) is 4.60. The maximum Gasteiger partial charge on any atom is 0.129 e. The van der Waals surface area contributed by atoms with Crippen LogP contribution in [0.4, 0.5) is 10.1 Å². The van der Waals surface area contributed by atoms with Gasteiger partial charge < -0.3 is 10.2 Å². The van der Waals surface area contributed by atoms with Crippen LogP contribution in [0.1, 0.15) is 38.2 Å². The number of nitrogens with zero attached hydrogens (tertiary/aromatic N) is 3. The molecule has 144 valence electrons. The SMILES string of the molecule is CCC1C=NN2C(=C1)C(N1CCNCC1)=CCC(C)c1c(F)cc(Br)cc12. The normalized spacial score (nSPS) is 25.2. The van der Waals surface area contributed by atoms with Gasteiger partial charge in [-0.15, -0.1) is 0 Å². The first-order valence-electron chi connectivity index (χ1n) is 9.79. The van der Waals surface area contributed by atoms with Crippen LogP contribution >= 0.6 is 15.9 Å². The Morgan fingerprint density at radius 1 is 1.26 bits per heavy atom. The molecule has 27 heavy (non-hydrogen) atoms. The summed E-state index contributed by atoms with van der Waals surface area (Å²) in [6.45, 7) is 8.19. The van der Waals surface area contributed by atoms with E-state index in [1.54, 1.807) is 6.07 Å². The molecule has 3 heterocycles. The van der Waals surface area contributed by atoms with E-state index in [0.29, 0.717) is 5.92 Å². The number of benzene rings is 1. The number of hydrazone groups is 1. The summed E-state index contributed by atoms with van der Waals surface area (Å²) in [6.07, 6.45) is 8.38. The van der Waals surface area contributed by atoms with Crippen molar-refractivity contribution >= 4 is 27.8 Å². The van der Waals surface area contributed by atoms with Crippen LogP contribution in [0, 0.1) is 11.7 Å². The van der Waals surface area contributed by atoms with Gasteiger partial charge in [-0.1, -0.05) is 35.9 Å². The summed E-state index contributed by atoms with van der Waals surface area (Å²) in [4.78, 5) is 2.44. The molecule has 2 unspecified atom stereocenters. The Hall–Kier alpha value is -1.66. The molecular weight excluding hydrogens is 407 g/mol. The molecule has 1 fully saturated rings. The minimum absolute atomic E-state index is 0.0895. The maximum atomic E-state index is 14.9. The van der Waals surface area contributed by atoms with Gasteiger partial charge in [0.2, 0.25) is 0 Å². The highest BCUT2D eigenvalue weighted by Gasteiger charge is 2.31. The molecule has 6 heteroatoms. The lowest BCUT2D eigenvalue weighted by Crippen LogP contribution is -2.44. The molecule has 4 nitrogen and oxygen atoms in total. The molecule has 3 aliphatic rings. The quantitative estimate of drug-likeness (QED) is 0.740. The summed E-state index contributed by atoms with van der Waals surface area (Å²) in [5.41, 5.74) is 3.89. The van der Waals surface area contributed by atoms with Gasteiger partial charge in [0, 0.05) is 48.3 Å². The first kappa shape index (κ1) is 18.7. The predicted molar refractivity (Wildman–Crippen MR) is 112 cm³/mol. The van der Waals surface area contributed by atoms with E-state index in [4.69, 9.17) is 5.10 Å². The second-order valence-electron chi connectivity index (χ2n) is 7.48. The van der Waals surface area contributed by atoms with Crippen LogP contribution in [0.5, 0.6) is 0 Å². The molecule has 0 aliphatic carbocycles. The van der Waals surface area contributed by atoms with Gasteiger partial charge in [0.25, 0.3) is 0 Å². The van der Waals surface area contributed by atoms with Crippen molar-refractivity contribution in [2.45, 2.75) is 32.6 Å². The summed E-state index contributed by atoms with van der Waals surface area (Å²) in [7, 11) is 0. The molecular formula is C21H26BrFN4. The monoisotopic (exact) mass is 432 g/mol. The van der Waals surface area contributed by atoms with Crippen molar-refractivity contribution in [1.29, 1.82) is 0 Å². The number of allylic oxidation sites excluding steroid dienone is 2. The first-order valence-corrected chi connectivity index (χ1v) is 10.6. The second-order valence-corrected chi connectivity index (χ2v) is 8.40. The van der Waals surface area contributed by atoms with Crippen LogP contribution in [0.3, 0.4) is 0 Å². The lowest BCUT2D eigenvalue weighted by Gasteiger charge is -2.39. The van der Waals surface area contributed by atoms with Crippen LogP contribution in [0.25, 0.3) is 0 Å². The van der Waals surface area contributed by atoms with Crippen molar-refractivity contribution in [3.05, 3.63) is 51.5 Å². The minimum atomic E-state index is -0.168. The fourth-order valence-corrected chi connectivity index (χ4v) is 4.50. The molecule has 4 rings (SSSR count). The molecule has 0 radical (unpaired) electrons. The lowest BCUT2D eigenvalue weighted by molar-refractivity contribution is 0.300. The number of fused-ring (bicyclic) bond motifs is 3. The summed E-state index contributed by atoms with van der Waals surface area (Å²) in [5, 5.41) is 10.1. The molecule has 0 saturated carbocycles. The molecule has 0 spiro atoms. The Morgan fingerprint density at radius 2 is 2.04 bits per heavy atom. The third kappa shape index (κ3) is 3.57. The highest BCUT2D eigenvalue weighted by Crippen LogP contribution is 2.42. The van der Waals surface area contributed by atoms with Gasteiger partial charge in [-0.05, 0) is 37.0 Å². The van der Waals surface area contributed by atoms with Crippen LogP contribution in [0.15, 0.2) is 45.3 Å². The Labute approximate surface area is 168 Å². The lowest BCUT2D eigenvalue weighted by atomic mass is 9.91. The van der Waals surface area contributed by atoms with E-state index in [9.17, 15) is 4.39 Å². The van der Waals surface area contributed by atoms with Crippen molar-refractivity contribution in [3.8, 4) is 0 Å². The Bertz CT molecular complexity index is 811. The van der Waals surface area contributed by atoms with Gasteiger partial charge in [0.05, 0.1) is 17.1 Å². The third-order valence-corrected chi connectivity index (χ3v) is 6.08. The van der Waals surface area contributed by atoms with Crippen LogP contribution in [0.2, 0.25) is 0 Å². The number of hydrogen-bond acceptors (Lipinski definition) is 4. The van der Waals surface area contributed by atoms with E-state index in [2.05, 4.69) is 52.1 Å². The van der Waals surface area contributed by atoms with Gasteiger partial charge >= 0.3 is 0 Å². The third-order valence-electron chi connectivity index (χ3n) is 5.62. The fourth-order valence-electron chi connectivity index (χ4n) is 4.08. The molecule has 1 aromatic carbocycles. The molecule has 1 N–H and O–H groups in total. The molecule has 3 aliphatic heterocycles. The second kappa shape index (κ2) is 7.76. The van der Waals surface area contributed by atoms with Crippen molar-refractivity contribution in [1.82, 2.24) is 10.2 Å². The van der Waals surface area contributed by atoms with Gasteiger partial charge in [-0.3, -0.25) is 0 Å². The minimum Gasteiger partial charge on any atom is -0.368 e. The zero-order chi connectivity index (χ0) is 19.0. The summed E-state index contributed by atoms with van der Waals surface area (Å²) < 4.78 is 15.6. The van der Waals surface area contributed by atoms with E-state index >= 15 is 0 Å². The van der Waals surface area contributed by atoms with Crippen molar-refractivity contribution in [2.24, 2.45) is 11.0 Å². The topological polar surface area (TPSA) is 30.9 Å². The largest absolute Gasteiger partial charge is 0.368 e.